The maximum absolute atomic E-state index is 13.9. The molecule has 3 unspecified atom stereocenters. The Morgan fingerprint density at radius 2 is 1.87 bits per heavy atom. The first kappa shape index (κ1) is 20.7. The highest BCUT2D eigenvalue weighted by atomic mass is 16.3. The minimum Gasteiger partial charge on any atom is -0.507 e. The summed E-state index contributed by atoms with van der Waals surface area (Å²) in [6, 6.07) is 4.99. The number of carbonyl (C=O) groups excluding carboxylic acids is 4. The van der Waals surface area contributed by atoms with Crippen molar-refractivity contribution in [2.45, 2.75) is 45.6 Å². The first-order valence-electron chi connectivity index (χ1n) is 10.4. The smallest absolute Gasteiger partial charge is 0.194 e. The number of ketones is 4. The van der Waals surface area contributed by atoms with Gasteiger partial charge in [0.15, 0.2) is 23.1 Å². The number of rotatable bonds is 2. The zero-order valence-corrected chi connectivity index (χ0v) is 17.9. The molecule has 158 valence electrons. The lowest BCUT2D eigenvalue weighted by atomic mass is 9.48. The number of nitrogens with one attached hydrogen (secondary N) is 1. The van der Waals surface area contributed by atoms with Crippen LogP contribution in [0.25, 0.3) is 0 Å². The molecule has 1 saturated carbocycles. The van der Waals surface area contributed by atoms with Crippen LogP contribution in [0, 0.1) is 23.7 Å². The Morgan fingerprint density at radius 1 is 1.20 bits per heavy atom. The van der Waals surface area contributed by atoms with Gasteiger partial charge in [0, 0.05) is 0 Å². The number of hydrogen-bond acceptors (Lipinski definition) is 6. The molecule has 1 aromatic rings. The Morgan fingerprint density at radius 3 is 2.47 bits per heavy atom. The molecule has 6 atom stereocenters. The second-order valence-electron chi connectivity index (χ2n) is 9.08. The van der Waals surface area contributed by atoms with Crippen molar-refractivity contribution < 1.29 is 24.3 Å². The van der Waals surface area contributed by atoms with E-state index < -0.39 is 28.8 Å². The molecule has 0 aromatic heterocycles. The summed E-state index contributed by atoms with van der Waals surface area (Å²) >= 11 is 0. The molecule has 2 N–H and O–H groups in total. The molecule has 0 saturated heterocycles. The number of fused-ring (bicyclic) bond motifs is 3. The molecular weight excluding hydrogens is 382 g/mol. The normalized spacial score (nSPS) is 35.6. The second kappa shape index (κ2) is 6.71. The first-order chi connectivity index (χ1) is 14.1. The number of allylic oxidation sites excluding steroid dienone is 1. The zero-order valence-electron chi connectivity index (χ0n) is 17.9. The van der Waals surface area contributed by atoms with E-state index in [9.17, 15) is 24.3 Å². The highest BCUT2D eigenvalue weighted by Gasteiger charge is 2.66. The number of hydrogen-bond donors (Lipinski definition) is 2. The number of likely N-dealkylation sites (N-methyl/N-ethyl adjacent to an activating group) is 1. The molecule has 0 heterocycles. The zero-order chi connectivity index (χ0) is 22.1. The highest BCUT2D eigenvalue weighted by molar-refractivity contribution is 6.33. The fourth-order valence-electron chi connectivity index (χ4n) is 6.50. The molecule has 0 spiro atoms. The van der Waals surface area contributed by atoms with E-state index in [-0.39, 0.29) is 46.3 Å². The number of Topliss-reactive ketones (excluding diaryl/α,β-unsaturated/α-hetero) is 4. The molecular formula is C24H27NO5. The van der Waals surface area contributed by atoms with Crippen molar-refractivity contribution in [3.05, 3.63) is 40.5 Å². The van der Waals surface area contributed by atoms with E-state index in [4.69, 9.17) is 0 Å². The van der Waals surface area contributed by atoms with Crippen LogP contribution in [-0.2, 0) is 14.4 Å². The summed E-state index contributed by atoms with van der Waals surface area (Å²) in [5.41, 5.74) is 0.0988. The van der Waals surface area contributed by atoms with E-state index in [0.717, 1.165) is 5.56 Å². The number of carbonyl (C=O) groups is 4. The van der Waals surface area contributed by atoms with Crippen LogP contribution < -0.4 is 5.32 Å². The van der Waals surface area contributed by atoms with Crippen molar-refractivity contribution in [3.63, 3.8) is 0 Å². The van der Waals surface area contributed by atoms with Crippen LogP contribution in [0.1, 0.15) is 56.0 Å². The van der Waals surface area contributed by atoms with Crippen LogP contribution in [0.4, 0.5) is 0 Å². The van der Waals surface area contributed by atoms with Crippen molar-refractivity contribution >= 4 is 23.1 Å². The van der Waals surface area contributed by atoms with E-state index >= 15 is 0 Å². The van der Waals surface area contributed by atoms with E-state index in [1.165, 1.54) is 13.0 Å². The quantitative estimate of drug-likeness (QED) is 0.575. The molecule has 30 heavy (non-hydrogen) atoms. The van der Waals surface area contributed by atoms with Crippen LogP contribution in [0.15, 0.2) is 29.3 Å². The van der Waals surface area contributed by atoms with Gasteiger partial charge in [-0.3, -0.25) is 19.2 Å². The number of phenols is 1. The van der Waals surface area contributed by atoms with Gasteiger partial charge in [-0.1, -0.05) is 31.6 Å². The van der Waals surface area contributed by atoms with Gasteiger partial charge in [-0.25, -0.2) is 0 Å². The van der Waals surface area contributed by atoms with Crippen LogP contribution in [0.5, 0.6) is 5.75 Å². The monoisotopic (exact) mass is 409 g/mol. The van der Waals surface area contributed by atoms with Gasteiger partial charge in [0.25, 0.3) is 0 Å². The van der Waals surface area contributed by atoms with Crippen LogP contribution >= 0.6 is 0 Å². The van der Waals surface area contributed by atoms with Gasteiger partial charge in [-0.2, -0.15) is 0 Å². The van der Waals surface area contributed by atoms with Crippen molar-refractivity contribution in [2.75, 3.05) is 7.05 Å². The summed E-state index contributed by atoms with van der Waals surface area (Å²) in [6.07, 6.45) is 0.450. The molecule has 6 nitrogen and oxygen atoms in total. The van der Waals surface area contributed by atoms with Crippen LogP contribution in [0.2, 0.25) is 0 Å². The first-order valence-corrected chi connectivity index (χ1v) is 10.4. The van der Waals surface area contributed by atoms with Gasteiger partial charge in [0.05, 0.1) is 17.1 Å². The predicted molar refractivity (Wildman–Crippen MR) is 110 cm³/mol. The summed E-state index contributed by atoms with van der Waals surface area (Å²) < 4.78 is 0. The number of benzene rings is 1. The van der Waals surface area contributed by atoms with Gasteiger partial charge in [0.1, 0.15) is 11.3 Å². The van der Waals surface area contributed by atoms with Crippen LogP contribution in [-0.4, -0.2) is 40.8 Å². The molecule has 0 aliphatic heterocycles. The van der Waals surface area contributed by atoms with Crippen molar-refractivity contribution in [3.8, 4) is 5.75 Å². The number of phenolic OH excluding ortho intramolecular Hbond substituents is 1. The lowest BCUT2D eigenvalue weighted by Gasteiger charge is -2.55. The third-order valence-corrected chi connectivity index (χ3v) is 7.81. The van der Waals surface area contributed by atoms with E-state index in [1.54, 1.807) is 20.0 Å². The van der Waals surface area contributed by atoms with Crippen molar-refractivity contribution in [1.82, 2.24) is 5.32 Å². The summed E-state index contributed by atoms with van der Waals surface area (Å²) in [5, 5.41) is 13.3. The standard InChI is InChI=1S/C24H27NO5/c1-10-9-15-12(3)18-11(2)14-7-6-8-16(27)19(14)21(28)20(18)23(30)24(15,25-5)22(29)17(10)13(4)26/h6-8,11-12,15,18,20,25,27H,9H2,1-5H3/t11-,12?,15?,18-,20?,24+/m0/s1. The maximum atomic E-state index is 13.9. The highest BCUT2D eigenvalue weighted by Crippen LogP contribution is 2.56. The topological polar surface area (TPSA) is 101 Å². The van der Waals surface area contributed by atoms with E-state index in [1.807, 2.05) is 19.9 Å². The maximum Gasteiger partial charge on any atom is 0.194 e. The lowest BCUT2D eigenvalue weighted by Crippen LogP contribution is -2.72. The molecule has 1 aromatic carbocycles. The summed E-state index contributed by atoms with van der Waals surface area (Å²) in [6.45, 7) is 7.09. The minimum absolute atomic E-state index is 0.0687. The molecule has 0 amide bonds. The second-order valence-corrected chi connectivity index (χ2v) is 9.08. The minimum atomic E-state index is -1.60. The fraction of sp³-hybridized carbons (Fsp3) is 0.500. The van der Waals surface area contributed by atoms with Gasteiger partial charge >= 0.3 is 0 Å². The predicted octanol–water partition coefficient (Wildman–Crippen LogP) is 2.60. The lowest BCUT2D eigenvalue weighted by molar-refractivity contribution is -0.149. The molecule has 3 aliphatic carbocycles. The van der Waals surface area contributed by atoms with Crippen molar-refractivity contribution in [2.24, 2.45) is 23.7 Å². The van der Waals surface area contributed by atoms with Gasteiger partial charge in [0.2, 0.25) is 0 Å². The van der Waals surface area contributed by atoms with Gasteiger partial charge < -0.3 is 10.4 Å². The van der Waals surface area contributed by atoms with Gasteiger partial charge in [-0.05, 0) is 62.6 Å². The Hall–Kier alpha value is -2.60. The third kappa shape index (κ3) is 2.34. The number of aromatic hydroxyl groups is 1. The fourth-order valence-corrected chi connectivity index (χ4v) is 6.50. The third-order valence-electron chi connectivity index (χ3n) is 7.81. The van der Waals surface area contributed by atoms with Gasteiger partial charge in [-0.15, -0.1) is 0 Å². The Labute approximate surface area is 175 Å². The Balaban J connectivity index is 1.95. The SMILES string of the molecule is CN[C@@]12C(=O)C(C(C)=O)=C(C)CC1C(C)[C@H]1C(C(=O)c3c(O)cccc3[C@@H]1C)C2=O. The van der Waals surface area contributed by atoms with E-state index in [0.29, 0.717) is 12.0 Å². The molecule has 3 aliphatic rings. The summed E-state index contributed by atoms with van der Waals surface area (Å²) in [7, 11) is 1.55. The Bertz CT molecular complexity index is 1040. The molecule has 4 rings (SSSR count). The van der Waals surface area contributed by atoms with Crippen molar-refractivity contribution in [1.29, 1.82) is 0 Å². The average Bonchev–Trinajstić information content (AvgIpc) is 2.68. The average molecular weight is 409 g/mol. The van der Waals surface area contributed by atoms with E-state index in [2.05, 4.69) is 5.32 Å². The summed E-state index contributed by atoms with van der Waals surface area (Å²) in [5.74, 6) is -3.83. The molecule has 0 radical (unpaired) electrons. The van der Waals surface area contributed by atoms with Crippen LogP contribution in [0.3, 0.4) is 0 Å². The largest absolute Gasteiger partial charge is 0.507 e. The molecule has 6 heteroatoms. The Kier molecular flexibility index (Phi) is 4.62. The molecule has 1 fully saturated rings. The molecule has 0 bridgehead atoms. The summed E-state index contributed by atoms with van der Waals surface area (Å²) in [4.78, 5) is 53.2.